The molecule has 0 fully saturated rings. The summed E-state index contributed by atoms with van der Waals surface area (Å²) in [4.78, 5) is 32.0. The highest BCUT2D eigenvalue weighted by atomic mass is 16.2. The minimum Gasteiger partial charge on any atom is -0.272 e. The van der Waals surface area contributed by atoms with Gasteiger partial charge in [-0.3, -0.25) is 18.7 Å². The fourth-order valence-corrected chi connectivity index (χ4v) is 1.84. The number of nitrogens with zero attached hydrogens (tertiary/aromatic N) is 4. The molecule has 6 nitrogen and oxygen atoms in total. The van der Waals surface area contributed by atoms with Gasteiger partial charge in [-0.25, -0.2) is 9.97 Å². The molecule has 3 aromatic rings. The van der Waals surface area contributed by atoms with Crippen LogP contribution in [0.5, 0.6) is 0 Å². The summed E-state index contributed by atoms with van der Waals surface area (Å²) in [5.74, 6) is -0.467. The predicted molar refractivity (Wildman–Crippen MR) is 70.4 cm³/mol. The maximum absolute atomic E-state index is 12.2. The highest BCUT2D eigenvalue weighted by Gasteiger charge is 2.12. The van der Waals surface area contributed by atoms with Gasteiger partial charge in [0.05, 0.1) is 0 Å². The van der Waals surface area contributed by atoms with Crippen LogP contribution in [-0.2, 0) is 0 Å². The summed E-state index contributed by atoms with van der Waals surface area (Å²) in [6.07, 6.45) is 9.02. The van der Waals surface area contributed by atoms with E-state index in [0.29, 0.717) is 11.1 Å². The lowest BCUT2D eigenvalue weighted by Gasteiger charge is -2.05. The smallest absolute Gasteiger partial charge is 0.263 e. The Morgan fingerprint density at radius 2 is 1.35 bits per heavy atom. The molecule has 0 saturated carbocycles. The van der Waals surface area contributed by atoms with Crippen LogP contribution in [-0.4, -0.2) is 30.9 Å². The van der Waals surface area contributed by atoms with Crippen molar-refractivity contribution in [2.75, 3.05) is 0 Å². The van der Waals surface area contributed by atoms with Gasteiger partial charge in [0.2, 0.25) is 0 Å². The quantitative estimate of drug-likeness (QED) is 0.704. The summed E-state index contributed by atoms with van der Waals surface area (Å²) >= 11 is 0. The SMILES string of the molecule is O=C(c1cccc(C(=O)n2ccnc2)c1)n1ccnc1. The third-order valence-corrected chi connectivity index (χ3v) is 2.83. The molecule has 2 aromatic heterocycles. The maximum Gasteiger partial charge on any atom is 0.263 e. The van der Waals surface area contributed by atoms with Crippen molar-refractivity contribution in [3.63, 3.8) is 0 Å². The molecule has 20 heavy (non-hydrogen) atoms. The van der Waals surface area contributed by atoms with Crippen molar-refractivity contribution in [1.29, 1.82) is 0 Å². The summed E-state index contributed by atoms with van der Waals surface area (Å²) < 4.78 is 2.72. The van der Waals surface area contributed by atoms with Crippen molar-refractivity contribution < 1.29 is 9.59 Å². The minimum atomic E-state index is -0.234. The molecule has 1 aromatic carbocycles. The van der Waals surface area contributed by atoms with E-state index in [1.54, 1.807) is 36.7 Å². The van der Waals surface area contributed by atoms with Crippen molar-refractivity contribution >= 4 is 11.8 Å². The van der Waals surface area contributed by atoms with E-state index in [2.05, 4.69) is 9.97 Å². The first kappa shape index (κ1) is 12.0. The molecule has 0 N–H and O–H groups in total. The molecule has 0 atom stereocenters. The number of carbonyl (C=O) groups excluding carboxylic acids is 2. The van der Waals surface area contributed by atoms with Gasteiger partial charge in [-0.1, -0.05) is 6.07 Å². The van der Waals surface area contributed by atoms with Gasteiger partial charge < -0.3 is 0 Å². The van der Waals surface area contributed by atoms with Crippen molar-refractivity contribution in [1.82, 2.24) is 19.1 Å². The van der Waals surface area contributed by atoms with E-state index >= 15 is 0 Å². The maximum atomic E-state index is 12.2. The highest BCUT2D eigenvalue weighted by molar-refractivity contribution is 6.01. The summed E-state index contributed by atoms with van der Waals surface area (Å²) in [5.41, 5.74) is 0.850. The molecule has 0 aliphatic rings. The lowest BCUT2D eigenvalue weighted by Crippen LogP contribution is -2.13. The van der Waals surface area contributed by atoms with Crippen molar-refractivity contribution in [3.8, 4) is 0 Å². The van der Waals surface area contributed by atoms with Gasteiger partial charge in [0, 0.05) is 35.9 Å². The molecule has 0 bridgehead atoms. The molecule has 0 unspecified atom stereocenters. The number of benzene rings is 1. The van der Waals surface area contributed by atoms with E-state index in [1.165, 1.54) is 34.2 Å². The number of hydrogen-bond donors (Lipinski definition) is 0. The van der Waals surface area contributed by atoms with Crippen LogP contribution in [0.4, 0.5) is 0 Å². The fourth-order valence-electron chi connectivity index (χ4n) is 1.84. The van der Waals surface area contributed by atoms with Crippen LogP contribution < -0.4 is 0 Å². The van der Waals surface area contributed by atoms with Crippen LogP contribution in [0.1, 0.15) is 20.7 Å². The Bertz CT molecular complexity index is 684. The van der Waals surface area contributed by atoms with E-state index < -0.39 is 0 Å². The molecule has 6 heteroatoms. The predicted octanol–water partition coefficient (Wildman–Crippen LogP) is 1.46. The summed E-state index contributed by atoms with van der Waals surface area (Å²) in [6.45, 7) is 0. The average molecular weight is 266 g/mol. The second kappa shape index (κ2) is 4.93. The Labute approximate surface area is 114 Å². The molecule has 3 rings (SSSR count). The van der Waals surface area contributed by atoms with Gasteiger partial charge in [-0.15, -0.1) is 0 Å². The third kappa shape index (κ3) is 2.14. The molecular formula is C14H10N4O2. The lowest BCUT2D eigenvalue weighted by molar-refractivity contribution is 0.0959. The normalized spacial score (nSPS) is 10.4. The number of aromatic nitrogens is 4. The van der Waals surface area contributed by atoms with Crippen LogP contribution in [0.25, 0.3) is 0 Å². The van der Waals surface area contributed by atoms with Gasteiger partial charge in [0.1, 0.15) is 12.7 Å². The van der Waals surface area contributed by atoms with Crippen LogP contribution in [0.2, 0.25) is 0 Å². The first-order valence-electron chi connectivity index (χ1n) is 5.91. The van der Waals surface area contributed by atoms with Crippen molar-refractivity contribution in [2.24, 2.45) is 0 Å². The van der Waals surface area contributed by atoms with Gasteiger partial charge >= 0.3 is 0 Å². The van der Waals surface area contributed by atoms with Gasteiger partial charge in [0.25, 0.3) is 11.8 Å². The second-order valence-electron chi connectivity index (χ2n) is 4.13. The van der Waals surface area contributed by atoms with E-state index in [1.807, 2.05) is 0 Å². The Balaban J connectivity index is 1.94. The number of carbonyl (C=O) groups is 2. The number of imidazole rings is 2. The monoisotopic (exact) mass is 266 g/mol. The molecule has 98 valence electrons. The van der Waals surface area contributed by atoms with Gasteiger partial charge in [-0.05, 0) is 18.2 Å². The summed E-state index contributed by atoms with van der Waals surface area (Å²) in [7, 11) is 0. The third-order valence-electron chi connectivity index (χ3n) is 2.83. The fraction of sp³-hybridized carbons (Fsp3) is 0. The first-order chi connectivity index (χ1) is 9.75. The minimum absolute atomic E-state index is 0.234. The van der Waals surface area contributed by atoms with Gasteiger partial charge in [-0.2, -0.15) is 0 Å². The van der Waals surface area contributed by atoms with Gasteiger partial charge in [0.15, 0.2) is 0 Å². The van der Waals surface area contributed by atoms with Crippen molar-refractivity contribution in [2.45, 2.75) is 0 Å². The standard InChI is InChI=1S/C14H10N4O2/c19-13(17-6-4-15-9-17)11-2-1-3-12(8-11)14(20)18-7-5-16-10-18/h1-10H. The topological polar surface area (TPSA) is 69.8 Å². The molecule has 0 spiro atoms. The Morgan fingerprint density at radius 1 is 0.850 bits per heavy atom. The van der Waals surface area contributed by atoms with E-state index in [9.17, 15) is 9.59 Å². The van der Waals surface area contributed by atoms with E-state index in [0.717, 1.165) is 0 Å². The van der Waals surface area contributed by atoms with Crippen molar-refractivity contribution in [3.05, 3.63) is 72.8 Å². The summed E-state index contributed by atoms with van der Waals surface area (Å²) in [5, 5.41) is 0. The average Bonchev–Trinajstić information content (AvgIpc) is 3.18. The Hall–Kier alpha value is -3.02. The zero-order valence-corrected chi connectivity index (χ0v) is 10.4. The second-order valence-corrected chi connectivity index (χ2v) is 4.13. The highest BCUT2D eigenvalue weighted by Crippen LogP contribution is 2.09. The molecule has 0 radical (unpaired) electrons. The van der Waals surface area contributed by atoms with Crippen LogP contribution >= 0.6 is 0 Å². The Kier molecular flexibility index (Phi) is 2.96. The summed E-state index contributed by atoms with van der Waals surface area (Å²) in [6, 6.07) is 6.55. The molecule has 0 saturated heterocycles. The van der Waals surface area contributed by atoms with E-state index in [4.69, 9.17) is 0 Å². The molecule has 0 aliphatic carbocycles. The first-order valence-corrected chi connectivity index (χ1v) is 5.91. The molecule has 0 aliphatic heterocycles. The van der Waals surface area contributed by atoms with Crippen LogP contribution in [0.15, 0.2) is 61.7 Å². The molecule has 2 heterocycles. The molecular weight excluding hydrogens is 256 g/mol. The van der Waals surface area contributed by atoms with E-state index in [-0.39, 0.29) is 11.8 Å². The Morgan fingerprint density at radius 3 is 1.75 bits per heavy atom. The van der Waals surface area contributed by atoms with Crippen LogP contribution in [0, 0.1) is 0 Å². The zero-order chi connectivity index (χ0) is 13.9. The largest absolute Gasteiger partial charge is 0.272 e. The number of hydrogen-bond acceptors (Lipinski definition) is 4. The lowest BCUT2D eigenvalue weighted by atomic mass is 10.1. The molecule has 0 amide bonds. The van der Waals surface area contributed by atoms with Crippen LogP contribution in [0.3, 0.4) is 0 Å². The number of rotatable bonds is 2. The zero-order valence-electron chi connectivity index (χ0n) is 10.4.